The van der Waals surface area contributed by atoms with Crippen LogP contribution in [0, 0.1) is 6.92 Å². The minimum Gasteiger partial charge on any atom is -0.508 e. The van der Waals surface area contributed by atoms with E-state index in [2.05, 4.69) is 64.1 Å². The van der Waals surface area contributed by atoms with Crippen molar-refractivity contribution in [3.05, 3.63) is 88.5 Å². The molecule has 0 saturated carbocycles. The summed E-state index contributed by atoms with van der Waals surface area (Å²) in [7, 11) is 0. The third kappa shape index (κ3) is 2.64. The lowest BCUT2D eigenvalue weighted by Crippen LogP contribution is -2.11. The predicted octanol–water partition coefficient (Wildman–Crippen LogP) is 6.16. The second kappa shape index (κ2) is 5.49. The average molecular weight is 328 g/mol. The topological polar surface area (TPSA) is 20.2 Å². The Morgan fingerprint density at radius 1 is 0.760 bits per heavy atom. The average Bonchev–Trinajstić information content (AvgIpc) is 2.87. The summed E-state index contributed by atoms with van der Waals surface area (Å²) in [6.07, 6.45) is 0. The molecule has 1 unspecified atom stereocenters. The Morgan fingerprint density at radius 3 is 2.00 bits per heavy atom. The smallest absolute Gasteiger partial charge is 0.115 e. The molecule has 25 heavy (non-hydrogen) atoms. The molecule has 1 heteroatoms. The van der Waals surface area contributed by atoms with Crippen molar-refractivity contribution < 1.29 is 5.11 Å². The van der Waals surface area contributed by atoms with Crippen molar-refractivity contribution in [2.45, 2.75) is 39.0 Å². The van der Waals surface area contributed by atoms with Crippen molar-refractivity contribution in [2.75, 3.05) is 0 Å². The number of phenolic OH excluding ortho intramolecular Hbond substituents is 1. The van der Waals surface area contributed by atoms with Crippen molar-refractivity contribution in [2.24, 2.45) is 0 Å². The number of phenols is 1. The van der Waals surface area contributed by atoms with E-state index in [1.165, 1.54) is 38.9 Å². The second-order valence-electron chi connectivity index (χ2n) is 8.17. The van der Waals surface area contributed by atoms with Crippen molar-refractivity contribution in [3.63, 3.8) is 0 Å². The number of fused-ring (bicyclic) bond motifs is 3. The Kier molecular flexibility index (Phi) is 3.50. The highest BCUT2D eigenvalue weighted by atomic mass is 16.3. The Morgan fingerprint density at radius 2 is 1.36 bits per heavy atom. The number of benzene rings is 3. The van der Waals surface area contributed by atoms with E-state index >= 15 is 0 Å². The Balaban J connectivity index is 1.97. The van der Waals surface area contributed by atoms with Gasteiger partial charge in [-0.2, -0.15) is 0 Å². The lowest BCUT2D eigenvalue weighted by molar-refractivity contribution is 0.475. The molecule has 0 saturated heterocycles. The van der Waals surface area contributed by atoms with Crippen molar-refractivity contribution in [3.8, 4) is 16.9 Å². The zero-order valence-electron chi connectivity index (χ0n) is 15.3. The number of aromatic hydroxyl groups is 1. The van der Waals surface area contributed by atoms with Crippen LogP contribution in [0.1, 0.15) is 54.5 Å². The van der Waals surface area contributed by atoms with Gasteiger partial charge in [0.25, 0.3) is 0 Å². The first-order valence-electron chi connectivity index (χ1n) is 8.89. The van der Waals surface area contributed by atoms with E-state index in [4.69, 9.17) is 0 Å². The molecule has 0 amide bonds. The van der Waals surface area contributed by atoms with Crippen LogP contribution in [0.25, 0.3) is 11.1 Å². The molecule has 126 valence electrons. The van der Waals surface area contributed by atoms with Gasteiger partial charge < -0.3 is 5.11 Å². The van der Waals surface area contributed by atoms with E-state index in [-0.39, 0.29) is 11.3 Å². The van der Waals surface area contributed by atoms with Gasteiger partial charge in [-0.05, 0) is 57.9 Å². The largest absolute Gasteiger partial charge is 0.508 e. The van der Waals surface area contributed by atoms with E-state index in [1.54, 1.807) is 12.1 Å². The molecule has 0 bridgehead atoms. The maximum absolute atomic E-state index is 9.68. The third-order valence-corrected chi connectivity index (χ3v) is 5.26. The summed E-state index contributed by atoms with van der Waals surface area (Å²) < 4.78 is 0. The van der Waals surface area contributed by atoms with Gasteiger partial charge >= 0.3 is 0 Å². The molecule has 1 aliphatic rings. The molecule has 1 aliphatic carbocycles. The van der Waals surface area contributed by atoms with Gasteiger partial charge in [0.1, 0.15) is 5.75 Å². The van der Waals surface area contributed by atoms with Crippen LogP contribution in [0.5, 0.6) is 5.75 Å². The standard InChI is InChI=1S/C24H24O/c1-15-5-11-19-20-12-8-17(24(2,3)4)14-22(20)23(21(19)13-15)16-6-9-18(25)10-7-16/h5-14,23,25H,1-4H3. The van der Waals surface area contributed by atoms with Crippen LogP contribution in [0.2, 0.25) is 0 Å². The van der Waals surface area contributed by atoms with Crippen LogP contribution in [0.3, 0.4) is 0 Å². The normalized spacial score (nSPS) is 15.8. The summed E-state index contributed by atoms with van der Waals surface area (Å²) in [5.41, 5.74) is 9.41. The van der Waals surface area contributed by atoms with Gasteiger partial charge in [-0.3, -0.25) is 0 Å². The van der Waals surface area contributed by atoms with Crippen LogP contribution in [-0.2, 0) is 5.41 Å². The highest BCUT2D eigenvalue weighted by Gasteiger charge is 2.31. The summed E-state index contributed by atoms with van der Waals surface area (Å²) in [5, 5.41) is 9.68. The van der Waals surface area contributed by atoms with Crippen LogP contribution in [0.15, 0.2) is 60.7 Å². The lowest BCUT2D eigenvalue weighted by Gasteiger charge is -2.22. The molecule has 0 radical (unpaired) electrons. The molecular weight excluding hydrogens is 304 g/mol. The van der Waals surface area contributed by atoms with Crippen LogP contribution < -0.4 is 0 Å². The summed E-state index contributed by atoms with van der Waals surface area (Å²) >= 11 is 0. The van der Waals surface area contributed by atoms with Gasteiger partial charge in [0.15, 0.2) is 0 Å². The zero-order chi connectivity index (χ0) is 17.8. The molecule has 1 atom stereocenters. The predicted molar refractivity (Wildman–Crippen MR) is 104 cm³/mol. The fourth-order valence-electron chi connectivity index (χ4n) is 3.87. The lowest BCUT2D eigenvalue weighted by atomic mass is 9.82. The van der Waals surface area contributed by atoms with Crippen LogP contribution in [-0.4, -0.2) is 5.11 Å². The SMILES string of the molecule is Cc1ccc2c(c1)C(c1ccc(O)cc1)c1cc(C(C)(C)C)ccc1-2. The van der Waals surface area contributed by atoms with E-state index in [0.29, 0.717) is 5.75 Å². The van der Waals surface area contributed by atoms with Gasteiger partial charge in [0.2, 0.25) is 0 Å². The summed E-state index contributed by atoms with van der Waals surface area (Å²) in [6, 6.07) is 21.3. The number of aryl methyl sites for hydroxylation is 1. The Hall–Kier alpha value is -2.54. The molecule has 3 aromatic carbocycles. The van der Waals surface area contributed by atoms with Crippen molar-refractivity contribution >= 4 is 0 Å². The number of hydrogen-bond acceptors (Lipinski definition) is 1. The first kappa shape index (κ1) is 16.0. The van der Waals surface area contributed by atoms with E-state index in [9.17, 15) is 5.11 Å². The third-order valence-electron chi connectivity index (χ3n) is 5.26. The van der Waals surface area contributed by atoms with E-state index in [1.807, 2.05) is 12.1 Å². The zero-order valence-corrected chi connectivity index (χ0v) is 15.3. The summed E-state index contributed by atoms with van der Waals surface area (Å²) in [6.45, 7) is 8.93. The molecule has 1 nitrogen and oxygen atoms in total. The van der Waals surface area contributed by atoms with Gasteiger partial charge in [-0.15, -0.1) is 0 Å². The fraction of sp³-hybridized carbons (Fsp3) is 0.250. The first-order valence-corrected chi connectivity index (χ1v) is 8.89. The second-order valence-corrected chi connectivity index (χ2v) is 8.17. The van der Waals surface area contributed by atoms with E-state index in [0.717, 1.165) is 0 Å². The monoisotopic (exact) mass is 328 g/mol. The van der Waals surface area contributed by atoms with Crippen LogP contribution in [0.4, 0.5) is 0 Å². The maximum atomic E-state index is 9.68. The Labute approximate surface area is 150 Å². The van der Waals surface area contributed by atoms with E-state index < -0.39 is 0 Å². The van der Waals surface area contributed by atoms with Crippen LogP contribution >= 0.6 is 0 Å². The fourth-order valence-corrected chi connectivity index (χ4v) is 3.87. The number of hydrogen-bond donors (Lipinski definition) is 1. The maximum Gasteiger partial charge on any atom is 0.115 e. The molecule has 0 fully saturated rings. The molecule has 3 aromatic rings. The molecule has 4 rings (SSSR count). The van der Waals surface area contributed by atoms with Crippen molar-refractivity contribution in [1.82, 2.24) is 0 Å². The quantitative estimate of drug-likeness (QED) is 0.444. The van der Waals surface area contributed by atoms with Gasteiger partial charge in [-0.1, -0.05) is 74.9 Å². The minimum absolute atomic E-state index is 0.124. The van der Waals surface area contributed by atoms with Gasteiger partial charge in [0, 0.05) is 5.92 Å². The highest BCUT2D eigenvalue weighted by Crippen LogP contribution is 2.49. The summed E-state index contributed by atoms with van der Waals surface area (Å²) in [4.78, 5) is 0. The molecule has 0 spiro atoms. The Bertz CT molecular complexity index is 943. The highest BCUT2D eigenvalue weighted by molar-refractivity contribution is 5.81. The summed E-state index contributed by atoms with van der Waals surface area (Å²) in [5.74, 6) is 0.544. The molecule has 1 N–H and O–H groups in total. The van der Waals surface area contributed by atoms with Gasteiger partial charge in [-0.25, -0.2) is 0 Å². The number of rotatable bonds is 1. The van der Waals surface area contributed by atoms with Crippen molar-refractivity contribution in [1.29, 1.82) is 0 Å². The molecule has 0 aliphatic heterocycles. The first-order chi connectivity index (χ1) is 11.8. The van der Waals surface area contributed by atoms with Gasteiger partial charge in [0.05, 0.1) is 0 Å². The molecule has 0 aromatic heterocycles. The molecule has 0 heterocycles. The minimum atomic E-state index is 0.124. The molecular formula is C24H24O.